The Kier molecular flexibility index (Phi) is 8.10. The molecule has 1 heterocycles. The van der Waals surface area contributed by atoms with Gasteiger partial charge in [0, 0.05) is 34.6 Å². The van der Waals surface area contributed by atoms with Gasteiger partial charge in [-0.1, -0.05) is 15.9 Å². The number of nitrogens with one attached hydrogen (secondary N) is 1. The maximum absolute atomic E-state index is 12.9. The number of piperidine rings is 1. The molecule has 0 atom stereocenters. The molecule has 8 nitrogen and oxygen atoms in total. The Bertz CT molecular complexity index is 1000. The molecule has 0 bridgehead atoms. The topological polar surface area (TPSA) is 89.5 Å². The SMILES string of the molecule is COc1ccc(Br)cc1/C=N\NC(=O)C1CCN(C(=O)c2ccc(OC)c(OC)c2)CC1. The lowest BCUT2D eigenvalue weighted by molar-refractivity contribution is -0.126. The molecule has 3 rings (SSSR count). The van der Waals surface area contributed by atoms with Crippen LogP contribution in [-0.4, -0.2) is 57.3 Å². The predicted molar refractivity (Wildman–Crippen MR) is 125 cm³/mol. The fourth-order valence-corrected chi connectivity index (χ4v) is 3.94. The van der Waals surface area contributed by atoms with Gasteiger partial charge < -0.3 is 19.1 Å². The van der Waals surface area contributed by atoms with Gasteiger partial charge in [-0.2, -0.15) is 5.10 Å². The summed E-state index contributed by atoms with van der Waals surface area (Å²) in [5.74, 6) is 1.28. The van der Waals surface area contributed by atoms with Crippen molar-refractivity contribution >= 4 is 34.0 Å². The first kappa shape index (κ1) is 23.6. The van der Waals surface area contributed by atoms with Crippen molar-refractivity contribution in [3.63, 3.8) is 0 Å². The van der Waals surface area contributed by atoms with E-state index in [-0.39, 0.29) is 17.7 Å². The summed E-state index contributed by atoms with van der Waals surface area (Å²) in [5.41, 5.74) is 3.87. The van der Waals surface area contributed by atoms with E-state index in [1.54, 1.807) is 43.5 Å². The molecule has 2 amide bonds. The van der Waals surface area contributed by atoms with Crippen LogP contribution in [0.2, 0.25) is 0 Å². The molecule has 2 aromatic rings. The molecule has 0 aliphatic carbocycles. The molecule has 0 unspecified atom stereocenters. The van der Waals surface area contributed by atoms with Crippen LogP contribution in [0.25, 0.3) is 0 Å². The number of hydrogen-bond acceptors (Lipinski definition) is 6. The number of likely N-dealkylation sites (tertiary alicyclic amines) is 1. The van der Waals surface area contributed by atoms with E-state index < -0.39 is 0 Å². The smallest absolute Gasteiger partial charge is 0.253 e. The second-order valence-electron chi connectivity index (χ2n) is 7.26. The number of hydrogen-bond donors (Lipinski definition) is 1. The Morgan fingerprint density at radius 1 is 1.00 bits per heavy atom. The Hall–Kier alpha value is -3.07. The fourth-order valence-electron chi connectivity index (χ4n) is 3.56. The molecule has 9 heteroatoms. The average molecular weight is 504 g/mol. The van der Waals surface area contributed by atoms with Crippen LogP contribution in [0.5, 0.6) is 17.2 Å². The van der Waals surface area contributed by atoms with Crippen molar-refractivity contribution in [1.82, 2.24) is 10.3 Å². The Labute approximate surface area is 195 Å². The molecule has 1 aliphatic heterocycles. The quantitative estimate of drug-likeness (QED) is 0.461. The molecule has 0 saturated carbocycles. The van der Waals surface area contributed by atoms with Gasteiger partial charge in [0.25, 0.3) is 5.91 Å². The molecular formula is C23H26BrN3O5. The Morgan fingerprint density at radius 3 is 2.31 bits per heavy atom. The second-order valence-corrected chi connectivity index (χ2v) is 8.17. The lowest BCUT2D eigenvalue weighted by Crippen LogP contribution is -2.42. The van der Waals surface area contributed by atoms with Crippen molar-refractivity contribution in [3.8, 4) is 17.2 Å². The minimum atomic E-state index is -0.203. The molecular weight excluding hydrogens is 478 g/mol. The van der Waals surface area contributed by atoms with Gasteiger partial charge in [-0.25, -0.2) is 5.43 Å². The van der Waals surface area contributed by atoms with Crippen LogP contribution in [0.15, 0.2) is 46.0 Å². The zero-order valence-corrected chi connectivity index (χ0v) is 19.8. The van der Waals surface area contributed by atoms with Crippen LogP contribution in [0, 0.1) is 5.92 Å². The Morgan fingerprint density at radius 2 is 1.66 bits per heavy atom. The van der Waals surface area contributed by atoms with Gasteiger partial charge in [-0.05, 0) is 49.2 Å². The molecule has 1 N–H and O–H groups in total. The summed E-state index contributed by atoms with van der Waals surface area (Å²) in [6.07, 6.45) is 2.69. The monoisotopic (exact) mass is 503 g/mol. The fraction of sp³-hybridized carbons (Fsp3) is 0.348. The number of rotatable bonds is 7. The molecule has 1 saturated heterocycles. The lowest BCUT2D eigenvalue weighted by Gasteiger charge is -2.31. The summed E-state index contributed by atoms with van der Waals surface area (Å²) in [6, 6.07) is 10.6. The van der Waals surface area contributed by atoms with E-state index in [4.69, 9.17) is 14.2 Å². The minimum Gasteiger partial charge on any atom is -0.496 e. The molecule has 2 aromatic carbocycles. The molecule has 0 radical (unpaired) electrons. The van der Waals surface area contributed by atoms with Gasteiger partial charge >= 0.3 is 0 Å². The summed E-state index contributed by atoms with van der Waals surface area (Å²) < 4.78 is 16.7. The molecule has 170 valence electrons. The number of carbonyl (C=O) groups excluding carboxylic acids is 2. The predicted octanol–water partition coefficient (Wildman–Crippen LogP) is 3.48. The maximum Gasteiger partial charge on any atom is 0.253 e. The number of hydrazone groups is 1. The Balaban J connectivity index is 1.54. The highest BCUT2D eigenvalue weighted by Crippen LogP contribution is 2.29. The molecule has 1 fully saturated rings. The number of carbonyl (C=O) groups is 2. The van der Waals surface area contributed by atoms with E-state index in [1.807, 2.05) is 18.2 Å². The van der Waals surface area contributed by atoms with Gasteiger partial charge in [-0.15, -0.1) is 0 Å². The van der Waals surface area contributed by atoms with Gasteiger partial charge in [0.2, 0.25) is 5.91 Å². The number of benzene rings is 2. The number of halogens is 1. The standard InChI is InChI=1S/C23H26BrN3O5/c1-30-19-7-5-18(24)12-17(19)14-25-26-22(28)15-8-10-27(11-9-15)23(29)16-4-6-20(31-2)21(13-16)32-3/h4-7,12-15H,8-11H2,1-3H3,(H,26,28)/b25-14-. The molecule has 32 heavy (non-hydrogen) atoms. The first-order chi connectivity index (χ1) is 15.5. The van der Waals surface area contributed by atoms with Gasteiger partial charge in [0.05, 0.1) is 27.5 Å². The zero-order valence-electron chi connectivity index (χ0n) is 18.3. The van der Waals surface area contributed by atoms with Crippen molar-refractivity contribution in [3.05, 3.63) is 52.0 Å². The summed E-state index contributed by atoms with van der Waals surface area (Å²) in [4.78, 5) is 27.1. The summed E-state index contributed by atoms with van der Waals surface area (Å²) in [7, 11) is 4.66. The highest BCUT2D eigenvalue weighted by molar-refractivity contribution is 9.10. The first-order valence-corrected chi connectivity index (χ1v) is 10.9. The number of nitrogens with zero attached hydrogens (tertiary/aromatic N) is 2. The second kappa shape index (κ2) is 11.0. The number of ether oxygens (including phenoxy) is 3. The highest BCUT2D eigenvalue weighted by Gasteiger charge is 2.28. The third-order valence-electron chi connectivity index (χ3n) is 5.35. The van der Waals surface area contributed by atoms with E-state index in [2.05, 4.69) is 26.5 Å². The van der Waals surface area contributed by atoms with E-state index in [9.17, 15) is 9.59 Å². The summed E-state index contributed by atoms with van der Waals surface area (Å²) >= 11 is 3.41. The van der Waals surface area contributed by atoms with Crippen molar-refractivity contribution < 1.29 is 23.8 Å². The third-order valence-corrected chi connectivity index (χ3v) is 5.85. The van der Waals surface area contributed by atoms with E-state index >= 15 is 0 Å². The first-order valence-electron chi connectivity index (χ1n) is 10.1. The van der Waals surface area contributed by atoms with Gasteiger partial charge in [-0.3, -0.25) is 9.59 Å². The highest BCUT2D eigenvalue weighted by atomic mass is 79.9. The van der Waals surface area contributed by atoms with Crippen LogP contribution in [0.1, 0.15) is 28.8 Å². The van der Waals surface area contributed by atoms with Crippen LogP contribution in [0.4, 0.5) is 0 Å². The van der Waals surface area contributed by atoms with Crippen molar-refractivity contribution in [2.45, 2.75) is 12.8 Å². The van der Waals surface area contributed by atoms with Gasteiger partial charge in [0.15, 0.2) is 11.5 Å². The normalized spacial score (nSPS) is 14.3. The van der Waals surface area contributed by atoms with E-state index in [0.717, 1.165) is 10.0 Å². The number of amides is 2. The zero-order chi connectivity index (χ0) is 23.1. The van der Waals surface area contributed by atoms with E-state index in [0.29, 0.717) is 48.7 Å². The largest absolute Gasteiger partial charge is 0.496 e. The van der Waals surface area contributed by atoms with Crippen LogP contribution in [0.3, 0.4) is 0 Å². The minimum absolute atomic E-state index is 0.0930. The van der Waals surface area contributed by atoms with Crippen molar-refractivity contribution in [2.75, 3.05) is 34.4 Å². The molecule has 0 aromatic heterocycles. The van der Waals surface area contributed by atoms with Crippen molar-refractivity contribution in [1.29, 1.82) is 0 Å². The van der Waals surface area contributed by atoms with Crippen LogP contribution < -0.4 is 19.6 Å². The van der Waals surface area contributed by atoms with Crippen LogP contribution >= 0.6 is 15.9 Å². The third kappa shape index (κ3) is 5.59. The maximum atomic E-state index is 12.9. The summed E-state index contributed by atoms with van der Waals surface area (Å²) in [5, 5.41) is 4.07. The van der Waals surface area contributed by atoms with E-state index in [1.165, 1.54) is 7.11 Å². The average Bonchev–Trinajstić information content (AvgIpc) is 2.83. The number of methoxy groups -OCH3 is 3. The van der Waals surface area contributed by atoms with Crippen LogP contribution in [-0.2, 0) is 4.79 Å². The van der Waals surface area contributed by atoms with Gasteiger partial charge in [0.1, 0.15) is 5.75 Å². The molecule has 1 aliphatic rings. The van der Waals surface area contributed by atoms with Crippen molar-refractivity contribution in [2.24, 2.45) is 11.0 Å². The molecule has 0 spiro atoms. The lowest BCUT2D eigenvalue weighted by atomic mass is 9.95. The summed E-state index contributed by atoms with van der Waals surface area (Å²) in [6.45, 7) is 0.989.